The molecule has 1 amide bonds. The van der Waals surface area contributed by atoms with Crippen molar-refractivity contribution in [2.24, 2.45) is 4.99 Å². The van der Waals surface area contributed by atoms with E-state index in [2.05, 4.69) is 4.99 Å². The number of nitrogens with zero attached hydrogens (tertiary/aromatic N) is 2. The first-order valence-corrected chi connectivity index (χ1v) is 9.58. The van der Waals surface area contributed by atoms with Crippen LogP contribution in [0.1, 0.15) is 17.3 Å². The number of thiazole rings is 1. The molecule has 0 aliphatic heterocycles. The van der Waals surface area contributed by atoms with Gasteiger partial charge in [0, 0.05) is 24.2 Å². The van der Waals surface area contributed by atoms with E-state index in [9.17, 15) is 13.6 Å². The molecule has 142 valence electrons. The molecule has 0 aliphatic carbocycles. The van der Waals surface area contributed by atoms with E-state index in [4.69, 9.17) is 27.9 Å². The zero-order valence-corrected chi connectivity index (χ0v) is 16.5. The smallest absolute Gasteiger partial charge is 0.281 e. The third kappa shape index (κ3) is 4.38. The third-order valence-corrected chi connectivity index (χ3v) is 5.29. The second-order valence-electron chi connectivity index (χ2n) is 5.51. The Bertz CT molecular complexity index is 1080. The molecule has 0 saturated heterocycles. The van der Waals surface area contributed by atoms with Gasteiger partial charge in [0.25, 0.3) is 5.91 Å². The van der Waals surface area contributed by atoms with Crippen LogP contribution in [0, 0.1) is 11.6 Å². The van der Waals surface area contributed by atoms with E-state index in [1.165, 1.54) is 28.8 Å². The van der Waals surface area contributed by atoms with E-state index in [-0.39, 0.29) is 27.4 Å². The minimum Gasteiger partial charge on any atom is -0.380 e. The van der Waals surface area contributed by atoms with Crippen molar-refractivity contribution in [2.45, 2.75) is 13.5 Å². The van der Waals surface area contributed by atoms with Gasteiger partial charge < -0.3 is 9.30 Å². The van der Waals surface area contributed by atoms with Gasteiger partial charge in [-0.15, -0.1) is 0 Å². The van der Waals surface area contributed by atoms with Crippen molar-refractivity contribution in [3.63, 3.8) is 0 Å². The number of fused-ring (bicyclic) bond motifs is 1. The molecule has 0 N–H and O–H groups in total. The molecule has 0 atom stereocenters. The van der Waals surface area contributed by atoms with Gasteiger partial charge in [-0.3, -0.25) is 4.79 Å². The lowest BCUT2D eigenvalue weighted by atomic mass is 10.2. The predicted octanol–water partition coefficient (Wildman–Crippen LogP) is 5.07. The minimum absolute atomic E-state index is 0.162. The van der Waals surface area contributed by atoms with E-state index in [0.717, 1.165) is 17.4 Å². The molecular formula is C18H14Cl2F2N2O2S. The van der Waals surface area contributed by atoms with E-state index in [1.807, 2.05) is 6.92 Å². The largest absolute Gasteiger partial charge is 0.380 e. The number of halogens is 4. The van der Waals surface area contributed by atoms with Crippen LogP contribution < -0.4 is 4.80 Å². The second-order valence-corrected chi connectivity index (χ2v) is 7.36. The predicted molar refractivity (Wildman–Crippen MR) is 103 cm³/mol. The van der Waals surface area contributed by atoms with Gasteiger partial charge >= 0.3 is 0 Å². The van der Waals surface area contributed by atoms with Gasteiger partial charge in [0.15, 0.2) is 10.6 Å². The Morgan fingerprint density at radius 2 is 2.04 bits per heavy atom. The summed E-state index contributed by atoms with van der Waals surface area (Å²) in [5, 5.41) is 0.554. The highest BCUT2D eigenvalue weighted by molar-refractivity contribution is 7.16. The summed E-state index contributed by atoms with van der Waals surface area (Å²) in [4.78, 5) is 16.9. The van der Waals surface area contributed by atoms with Crippen LogP contribution in [0.4, 0.5) is 8.78 Å². The van der Waals surface area contributed by atoms with Crippen LogP contribution >= 0.6 is 34.5 Å². The van der Waals surface area contributed by atoms with Crippen LogP contribution in [0.25, 0.3) is 10.2 Å². The monoisotopic (exact) mass is 430 g/mol. The van der Waals surface area contributed by atoms with Gasteiger partial charge in [0.2, 0.25) is 0 Å². The summed E-state index contributed by atoms with van der Waals surface area (Å²) in [5.41, 5.74) is 0.344. The zero-order valence-electron chi connectivity index (χ0n) is 14.1. The Hall–Kier alpha value is -1.80. The number of hydrogen-bond donors (Lipinski definition) is 0. The first-order valence-electron chi connectivity index (χ1n) is 8.01. The van der Waals surface area contributed by atoms with Crippen molar-refractivity contribution in [3.8, 4) is 0 Å². The molecule has 1 heterocycles. The van der Waals surface area contributed by atoms with Gasteiger partial charge in [-0.1, -0.05) is 34.5 Å². The molecule has 0 radical (unpaired) electrons. The Morgan fingerprint density at radius 1 is 1.26 bits per heavy atom. The number of carbonyl (C=O) groups excluding carboxylic acids is 1. The highest BCUT2D eigenvalue weighted by Gasteiger charge is 2.15. The maximum Gasteiger partial charge on any atom is 0.281 e. The SMILES string of the molecule is CCOCCn1c(=NC(=O)c2ccc(Cl)cc2Cl)sc2cc(F)cc(F)c21. The molecule has 0 aliphatic rings. The highest BCUT2D eigenvalue weighted by Crippen LogP contribution is 2.24. The summed E-state index contributed by atoms with van der Waals surface area (Å²) in [6, 6.07) is 6.44. The van der Waals surface area contributed by atoms with Gasteiger partial charge in [0.1, 0.15) is 5.82 Å². The molecule has 27 heavy (non-hydrogen) atoms. The minimum atomic E-state index is -0.726. The Kier molecular flexibility index (Phi) is 6.26. The molecule has 0 unspecified atom stereocenters. The molecule has 0 bridgehead atoms. The fraction of sp³-hybridized carbons (Fsp3) is 0.222. The molecule has 3 rings (SSSR count). The maximum atomic E-state index is 14.3. The normalized spacial score (nSPS) is 12.1. The number of aromatic nitrogens is 1. The van der Waals surface area contributed by atoms with Gasteiger partial charge in [-0.25, -0.2) is 8.78 Å². The topological polar surface area (TPSA) is 43.6 Å². The summed E-state index contributed by atoms with van der Waals surface area (Å²) in [5.74, 6) is -2.03. The Balaban J connectivity index is 2.13. The lowest BCUT2D eigenvalue weighted by Gasteiger charge is -2.06. The van der Waals surface area contributed by atoms with Crippen molar-refractivity contribution >= 4 is 50.7 Å². The molecule has 2 aromatic carbocycles. The number of carbonyl (C=O) groups is 1. The Morgan fingerprint density at radius 3 is 2.74 bits per heavy atom. The van der Waals surface area contributed by atoms with Crippen molar-refractivity contribution in [2.75, 3.05) is 13.2 Å². The van der Waals surface area contributed by atoms with Gasteiger partial charge in [0.05, 0.1) is 27.4 Å². The first kappa shape index (κ1) is 19.9. The van der Waals surface area contributed by atoms with Crippen LogP contribution in [-0.2, 0) is 11.3 Å². The fourth-order valence-corrected chi connectivity index (χ4v) is 4.12. The summed E-state index contributed by atoms with van der Waals surface area (Å²) >= 11 is 12.9. The van der Waals surface area contributed by atoms with Crippen LogP contribution in [0.2, 0.25) is 10.0 Å². The lowest BCUT2D eigenvalue weighted by Crippen LogP contribution is -2.20. The average molecular weight is 431 g/mol. The van der Waals surface area contributed by atoms with Crippen LogP contribution in [0.15, 0.2) is 35.3 Å². The highest BCUT2D eigenvalue weighted by atomic mass is 35.5. The van der Waals surface area contributed by atoms with E-state index >= 15 is 0 Å². The summed E-state index contributed by atoms with van der Waals surface area (Å²) in [6.45, 7) is 2.88. The van der Waals surface area contributed by atoms with E-state index in [1.54, 1.807) is 0 Å². The van der Waals surface area contributed by atoms with Crippen molar-refractivity contribution < 1.29 is 18.3 Å². The number of amides is 1. The summed E-state index contributed by atoms with van der Waals surface area (Å²) < 4.78 is 35.1. The van der Waals surface area contributed by atoms with Crippen LogP contribution in [-0.4, -0.2) is 23.7 Å². The van der Waals surface area contributed by atoms with Crippen LogP contribution in [0.5, 0.6) is 0 Å². The van der Waals surface area contributed by atoms with Gasteiger partial charge in [-0.2, -0.15) is 4.99 Å². The Labute approximate surface area is 167 Å². The molecule has 9 heteroatoms. The molecule has 4 nitrogen and oxygen atoms in total. The molecule has 3 aromatic rings. The summed E-state index contributed by atoms with van der Waals surface area (Å²) in [7, 11) is 0. The number of benzene rings is 2. The first-order chi connectivity index (χ1) is 12.9. The van der Waals surface area contributed by atoms with E-state index in [0.29, 0.717) is 22.9 Å². The quantitative estimate of drug-likeness (QED) is 0.530. The number of rotatable bonds is 5. The lowest BCUT2D eigenvalue weighted by molar-refractivity contribution is 0.0996. The zero-order chi connectivity index (χ0) is 19.6. The average Bonchev–Trinajstić information content (AvgIpc) is 2.92. The molecule has 0 spiro atoms. The molecule has 0 saturated carbocycles. The number of ether oxygens (including phenoxy) is 1. The fourth-order valence-electron chi connectivity index (χ4n) is 2.53. The third-order valence-electron chi connectivity index (χ3n) is 3.72. The maximum absolute atomic E-state index is 14.3. The molecule has 1 aromatic heterocycles. The van der Waals surface area contributed by atoms with E-state index < -0.39 is 17.5 Å². The molecular weight excluding hydrogens is 417 g/mol. The number of hydrogen-bond acceptors (Lipinski definition) is 3. The van der Waals surface area contributed by atoms with Crippen molar-refractivity contribution in [3.05, 3.63) is 62.4 Å². The van der Waals surface area contributed by atoms with Crippen molar-refractivity contribution in [1.82, 2.24) is 4.57 Å². The standard InChI is InChI=1S/C18H14Cl2F2N2O2S/c1-2-26-6-5-24-16-14(22)8-11(21)9-15(16)27-18(24)23-17(25)12-4-3-10(19)7-13(12)20/h3-4,7-9H,2,5-6H2,1H3. The van der Waals surface area contributed by atoms with Crippen LogP contribution in [0.3, 0.4) is 0 Å². The van der Waals surface area contributed by atoms with Crippen molar-refractivity contribution in [1.29, 1.82) is 0 Å². The molecule has 0 fully saturated rings. The van der Waals surface area contributed by atoms with Gasteiger partial charge in [-0.05, 0) is 31.2 Å². The second kappa shape index (κ2) is 8.48. The summed E-state index contributed by atoms with van der Waals surface area (Å²) in [6.07, 6.45) is 0.